The van der Waals surface area contributed by atoms with Gasteiger partial charge in [0.2, 0.25) is 0 Å². The molecule has 2 aromatic rings. The number of amides is 1. The van der Waals surface area contributed by atoms with E-state index in [1.807, 2.05) is 24.3 Å². The number of nitrogens with one attached hydrogen (secondary N) is 1. The molecule has 5 nitrogen and oxygen atoms in total. The standard InChI is InChI=1S/C21H24ClFN4O/c1-16(17-6-8-19(23)9-7-17)24-25-21(28)15-27-12-10-26(11-13-27)14-18-4-2-3-5-20(18)22/h2-9H,10-15H2,1H3,(H,25,28)/b24-16+. The van der Waals surface area contributed by atoms with E-state index in [0.717, 1.165) is 48.9 Å². The lowest BCUT2D eigenvalue weighted by atomic mass is 10.1. The van der Waals surface area contributed by atoms with Crippen molar-refractivity contribution in [3.63, 3.8) is 0 Å². The van der Waals surface area contributed by atoms with Gasteiger partial charge in [-0.1, -0.05) is 41.9 Å². The van der Waals surface area contributed by atoms with Crippen molar-refractivity contribution in [2.75, 3.05) is 32.7 Å². The second kappa shape index (κ2) is 9.78. The number of nitrogens with zero attached hydrogens (tertiary/aromatic N) is 3. The van der Waals surface area contributed by atoms with Crippen LogP contribution >= 0.6 is 11.6 Å². The van der Waals surface area contributed by atoms with Gasteiger partial charge in [0.15, 0.2) is 0 Å². The van der Waals surface area contributed by atoms with E-state index in [-0.39, 0.29) is 11.7 Å². The number of rotatable bonds is 6. The molecular formula is C21H24ClFN4O. The first-order valence-corrected chi connectivity index (χ1v) is 9.66. The normalized spacial score (nSPS) is 16.2. The van der Waals surface area contributed by atoms with Crippen LogP contribution in [-0.4, -0.2) is 54.1 Å². The minimum absolute atomic E-state index is 0.152. The summed E-state index contributed by atoms with van der Waals surface area (Å²) in [5.74, 6) is -0.449. The molecule has 1 amide bonds. The molecule has 0 aliphatic carbocycles. The van der Waals surface area contributed by atoms with Gasteiger partial charge in [-0.3, -0.25) is 14.6 Å². The fraction of sp³-hybridized carbons (Fsp3) is 0.333. The largest absolute Gasteiger partial charge is 0.296 e. The molecule has 148 valence electrons. The predicted molar refractivity (Wildman–Crippen MR) is 110 cm³/mol. The second-order valence-electron chi connectivity index (χ2n) is 6.88. The van der Waals surface area contributed by atoms with Crippen LogP contribution in [0.3, 0.4) is 0 Å². The molecule has 0 radical (unpaired) electrons. The van der Waals surface area contributed by atoms with E-state index in [9.17, 15) is 9.18 Å². The summed E-state index contributed by atoms with van der Waals surface area (Å²) in [4.78, 5) is 16.6. The Morgan fingerprint density at radius 1 is 1.07 bits per heavy atom. The highest BCUT2D eigenvalue weighted by molar-refractivity contribution is 6.31. The molecule has 1 N–H and O–H groups in total. The maximum atomic E-state index is 13.0. The zero-order valence-corrected chi connectivity index (χ0v) is 16.6. The lowest BCUT2D eigenvalue weighted by Gasteiger charge is -2.34. The highest BCUT2D eigenvalue weighted by atomic mass is 35.5. The maximum Gasteiger partial charge on any atom is 0.254 e. The summed E-state index contributed by atoms with van der Waals surface area (Å²) in [6, 6.07) is 13.9. The molecule has 0 unspecified atom stereocenters. The molecule has 1 fully saturated rings. The third kappa shape index (κ3) is 5.86. The molecule has 1 aliphatic rings. The average Bonchev–Trinajstić information content (AvgIpc) is 2.70. The van der Waals surface area contributed by atoms with Crippen LogP contribution in [0.1, 0.15) is 18.1 Å². The Bertz CT molecular complexity index is 833. The highest BCUT2D eigenvalue weighted by Crippen LogP contribution is 2.17. The van der Waals surface area contributed by atoms with Gasteiger partial charge >= 0.3 is 0 Å². The van der Waals surface area contributed by atoms with Crippen LogP contribution in [0.4, 0.5) is 4.39 Å². The van der Waals surface area contributed by atoms with Crippen LogP contribution in [0.5, 0.6) is 0 Å². The number of benzene rings is 2. The number of carbonyl (C=O) groups excluding carboxylic acids is 1. The van der Waals surface area contributed by atoms with E-state index in [4.69, 9.17) is 11.6 Å². The maximum absolute atomic E-state index is 13.0. The number of hydrogen-bond donors (Lipinski definition) is 1. The van der Waals surface area contributed by atoms with Crippen LogP contribution in [0.2, 0.25) is 5.02 Å². The summed E-state index contributed by atoms with van der Waals surface area (Å²) in [5, 5.41) is 4.90. The average molecular weight is 403 g/mol. The minimum Gasteiger partial charge on any atom is -0.296 e. The van der Waals surface area contributed by atoms with Crippen molar-refractivity contribution in [1.82, 2.24) is 15.2 Å². The quantitative estimate of drug-likeness (QED) is 0.596. The van der Waals surface area contributed by atoms with Crippen molar-refractivity contribution in [3.05, 3.63) is 70.5 Å². The molecule has 0 bridgehead atoms. The molecule has 7 heteroatoms. The molecule has 0 spiro atoms. The van der Waals surface area contributed by atoms with Gasteiger partial charge in [0.25, 0.3) is 5.91 Å². The first-order valence-electron chi connectivity index (χ1n) is 9.28. The van der Waals surface area contributed by atoms with E-state index >= 15 is 0 Å². The summed E-state index contributed by atoms with van der Waals surface area (Å²) < 4.78 is 13.0. The molecular weight excluding hydrogens is 379 g/mol. The molecule has 2 aromatic carbocycles. The van der Waals surface area contributed by atoms with Gasteiger partial charge in [-0.15, -0.1) is 0 Å². The molecule has 3 rings (SSSR count). The van der Waals surface area contributed by atoms with Gasteiger partial charge in [-0.2, -0.15) is 5.10 Å². The van der Waals surface area contributed by atoms with E-state index < -0.39 is 0 Å². The smallest absolute Gasteiger partial charge is 0.254 e. The van der Waals surface area contributed by atoms with Crippen molar-refractivity contribution >= 4 is 23.2 Å². The highest BCUT2D eigenvalue weighted by Gasteiger charge is 2.19. The Balaban J connectivity index is 1.43. The van der Waals surface area contributed by atoms with E-state index in [0.29, 0.717) is 12.3 Å². The molecule has 0 aromatic heterocycles. The SMILES string of the molecule is C/C(=N\NC(=O)CN1CCN(Cc2ccccc2Cl)CC1)c1ccc(F)cc1. The zero-order chi connectivity index (χ0) is 19.9. The molecule has 1 heterocycles. The Kier molecular flexibility index (Phi) is 7.14. The summed E-state index contributed by atoms with van der Waals surface area (Å²) in [6.45, 7) is 6.31. The summed E-state index contributed by atoms with van der Waals surface area (Å²) in [6.07, 6.45) is 0. The van der Waals surface area contributed by atoms with Gasteiger partial charge in [0.05, 0.1) is 12.3 Å². The first-order chi connectivity index (χ1) is 13.5. The molecule has 1 aliphatic heterocycles. The topological polar surface area (TPSA) is 47.9 Å². The van der Waals surface area contributed by atoms with Crippen LogP contribution in [0, 0.1) is 5.82 Å². The molecule has 1 saturated heterocycles. The molecule has 28 heavy (non-hydrogen) atoms. The number of halogens is 2. The predicted octanol–water partition coefficient (Wildman–Crippen LogP) is 3.14. The van der Waals surface area contributed by atoms with Crippen LogP contribution < -0.4 is 5.43 Å². The third-order valence-corrected chi connectivity index (χ3v) is 5.16. The Morgan fingerprint density at radius 3 is 2.39 bits per heavy atom. The second-order valence-corrected chi connectivity index (χ2v) is 7.29. The van der Waals surface area contributed by atoms with Gasteiger partial charge < -0.3 is 0 Å². The Labute approximate surface area is 169 Å². The minimum atomic E-state index is -0.297. The van der Waals surface area contributed by atoms with Gasteiger partial charge in [-0.05, 0) is 36.2 Å². The molecule has 0 atom stereocenters. The number of hydrazone groups is 1. The van der Waals surface area contributed by atoms with Crippen molar-refractivity contribution in [2.24, 2.45) is 5.10 Å². The van der Waals surface area contributed by atoms with Crippen molar-refractivity contribution < 1.29 is 9.18 Å². The monoisotopic (exact) mass is 402 g/mol. The first kappa shape index (κ1) is 20.5. The van der Waals surface area contributed by atoms with Gasteiger partial charge in [0, 0.05) is 37.7 Å². The third-order valence-electron chi connectivity index (χ3n) is 4.79. The zero-order valence-electron chi connectivity index (χ0n) is 15.9. The van der Waals surface area contributed by atoms with Crippen LogP contribution in [-0.2, 0) is 11.3 Å². The lowest BCUT2D eigenvalue weighted by molar-refractivity contribution is -0.122. The fourth-order valence-corrected chi connectivity index (χ4v) is 3.31. The van der Waals surface area contributed by atoms with Gasteiger partial charge in [0.1, 0.15) is 5.82 Å². The Morgan fingerprint density at radius 2 is 1.71 bits per heavy atom. The van der Waals surface area contributed by atoms with Crippen LogP contribution in [0.15, 0.2) is 53.6 Å². The van der Waals surface area contributed by atoms with E-state index in [2.05, 4.69) is 20.3 Å². The Hall–Kier alpha value is -2.28. The van der Waals surface area contributed by atoms with Crippen molar-refractivity contribution in [1.29, 1.82) is 0 Å². The van der Waals surface area contributed by atoms with Crippen molar-refractivity contribution in [2.45, 2.75) is 13.5 Å². The summed E-state index contributed by atoms with van der Waals surface area (Å²) in [7, 11) is 0. The van der Waals surface area contributed by atoms with E-state index in [1.165, 1.54) is 12.1 Å². The molecule has 0 saturated carbocycles. The number of hydrogen-bond acceptors (Lipinski definition) is 4. The fourth-order valence-electron chi connectivity index (χ4n) is 3.11. The van der Waals surface area contributed by atoms with Gasteiger partial charge in [-0.25, -0.2) is 9.82 Å². The van der Waals surface area contributed by atoms with Crippen LogP contribution in [0.25, 0.3) is 0 Å². The van der Waals surface area contributed by atoms with Crippen molar-refractivity contribution in [3.8, 4) is 0 Å². The number of carbonyl (C=O) groups is 1. The summed E-state index contributed by atoms with van der Waals surface area (Å²) >= 11 is 6.23. The number of piperazine rings is 1. The summed E-state index contributed by atoms with van der Waals surface area (Å²) in [5.41, 5.74) is 5.12. The van der Waals surface area contributed by atoms with E-state index in [1.54, 1.807) is 19.1 Å². The lowest BCUT2D eigenvalue weighted by Crippen LogP contribution is -2.48.